The molecule has 1 aliphatic rings. The lowest BCUT2D eigenvalue weighted by atomic mass is 9.99. The van der Waals surface area contributed by atoms with Gasteiger partial charge in [-0.05, 0) is 56.5 Å². The van der Waals surface area contributed by atoms with Crippen molar-refractivity contribution in [2.24, 2.45) is 5.92 Å². The molecular formula is C17H23N3O2. The molecule has 0 bridgehead atoms. The Morgan fingerprint density at radius 2 is 2.05 bits per heavy atom. The monoisotopic (exact) mass is 301 g/mol. The van der Waals surface area contributed by atoms with Gasteiger partial charge in [-0.3, -0.25) is 4.90 Å². The molecule has 3 rings (SSSR count). The maximum atomic E-state index is 5.89. The lowest BCUT2D eigenvalue weighted by molar-refractivity contribution is 0.122. The van der Waals surface area contributed by atoms with Gasteiger partial charge >= 0.3 is 0 Å². The van der Waals surface area contributed by atoms with Crippen molar-refractivity contribution in [2.75, 3.05) is 20.2 Å². The van der Waals surface area contributed by atoms with Crippen LogP contribution in [-0.2, 0) is 0 Å². The summed E-state index contributed by atoms with van der Waals surface area (Å²) in [6.45, 7) is 6.64. The van der Waals surface area contributed by atoms with Gasteiger partial charge in [-0.1, -0.05) is 6.92 Å². The van der Waals surface area contributed by atoms with E-state index in [9.17, 15) is 0 Å². The number of piperidine rings is 1. The summed E-state index contributed by atoms with van der Waals surface area (Å²) in [6.07, 6.45) is 2.55. The number of ether oxygens (including phenoxy) is 1. The molecule has 0 unspecified atom stereocenters. The average Bonchev–Trinajstić information content (AvgIpc) is 3.04. The molecule has 2 heterocycles. The maximum absolute atomic E-state index is 5.89. The van der Waals surface area contributed by atoms with E-state index in [0.29, 0.717) is 11.8 Å². The van der Waals surface area contributed by atoms with Crippen LogP contribution in [-0.4, -0.2) is 35.3 Å². The summed E-state index contributed by atoms with van der Waals surface area (Å²) in [5.74, 6) is 2.81. The Morgan fingerprint density at radius 3 is 2.73 bits per heavy atom. The van der Waals surface area contributed by atoms with E-state index in [1.54, 1.807) is 7.11 Å². The lowest BCUT2D eigenvalue weighted by Gasteiger charge is -2.33. The first-order chi connectivity index (χ1) is 10.7. The highest BCUT2D eigenvalue weighted by Crippen LogP contribution is 2.28. The topological polar surface area (TPSA) is 51.4 Å². The van der Waals surface area contributed by atoms with Crippen molar-refractivity contribution in [3.63, 3.8) is 0 Å². The van der Waals surface area contributed by atoms with Gasteiger partial charge in [0.05, 0.1) is 13.2 Å². The third-order valence-corrected chi connectivity index (χ3v) is 4.37. The molecule has 1 fully saturated rings. The van der Waals surface area contributed by atoms with E-state index in [2.05, 4.69) is 28.9 Å². The van der Waals surface area contributed by atoms with Crippen LogP contribution in [0.25, 0.3) is 11.5 Å². The van der Waals surface area contributed by atoms with Gasteiger partial charge in [0.1, 0.15) is 5.75 Å². The molecule has 5 heteroatoms. The number of hydrogen-bond acceptors (Lipinski definition) is 5. The second kappa shape index (κ2) is 6.48. The quantitative estimate of drug-likeness (QED) is 0.864. The van der Waals surface area contributed by atoms with E-state index >= 15 is 0 Å². The minimum absolute atomic E-state index is 0.169. The van der Waals surface area contributed by atoms with E-state index < -0.39 is 0 Å². The predicted molar refractivity (Wildman–Crippen MR) is 84.7 cm³/mol. The lowest BCUT2D eigenvalue weighted by Crippen LogP contribution is -2.36. The van der Waals surface area contributed by atoms with E-state index in [4.69, 9.17) is 9.15 Å². The molecule has 2 aromatic rings. The molecule has 0 saturated carbocycles. The summed E-state index contributed by atoms with van der Waals surface area (Å²) >= 11 is 0. The highest BCUT2D eigenvalue weighted by atomic mass is 16.5. The van der Waals surface area contributed by atoms with Crippen molar-refractivity contribution in [1.82, 2.24) is 15.1 Å². The normalized spacial score (nSPS) is 20.8. The van der Waals surface area contributed by atoms with Crippen LogP contribution < -0.4 is 4.74 Å². The van der Waals surface area contributed by atoms with Gasteiger partial charge in [0.25, 0.3) is 0 Å². The Morgan fingerprint density at radius 1 is 1.27 bits per heavy atom. The number of rotatable bonds is 4. The van der Waals surface area contributed by atoms with Crippen LogP contribution in [0.5, 0.6) is 5.75 Å². The molecule has 1 saturated heterocycles. The molecule has 0 aliphatic carbocycles. The molecule has 2 atom stereocenters. The Hall–Kier alpha value is -1.88. The highest BCUT2D eigenvalue weighted by Gasteiger charge is 2.25. The number of methoxy groups -OCH3 is 1. The van der Waals surface area contributed by atoms with Gasteiger partial charge in [0, 0.05) is 12.1 Å². The van der Waals surface area contributed by atoms with Crippen LogP contribution in [0, 0.1) is 5.92 Å². The molecule has 118 valence electrons. The van der Waals surface area contributed by atoms with Crippen molar-refractivity contribution in [2.45, 2.75) is 32.7 Å². The smallest absolute Gasteiger partial charge is 0.247 e. The SMILES string of the molecule is COc1ccc(-c2nnc([C@H](C)N3CCC[C@H](C)C3)o2)cc1. The van der Waals surface area contributed by atoms with Crippen LogP contribution in [0.15, 0.2) is 28.7 Å². The number of likely N-dealkylation sites (tertiary alicyclic amines) is 1. The summed E-state index contributed by atoms with van der Waals surface area (Å²) in [7, 11) is 1.65. The van der Waals surface area contributed by atoms with E-state index in [0.717, 1.165) is 30.3 Å². The fourth-order valence-electron chi connectivity index (χ4n) is 2.99. The van der Waals surface area contributed by atoms with Crippen molar-refractivity contribution >= 4 is 0 Å². The summed E-state index contributed by atoms with van der Waals surface area (Å²) in [4.78, 5) is 2.43. The Kier molecular flexibility index (Phi) is 4.43. The first-order valence-corrected chi connectivity index (χ1v) is 7.89. The zero-order valence-electron chi connectivity index (χ0n) is 13.5. The number of aromatic nitrogens is 2. The van der Waals surface area contributed by atoms with Gasteiger partial charge in [-0.15, -0.1) is 10.2 Å². The van der Waals surface area contributed by atoms with Crippen molar-refractivity contribution in [1.29, 1.82) is 0 Å². The highest BCUT2D eigenvalue weighted by molar-refractivity contribution is 5.53. The van der Waals surface area contributed by atoms with Crippen molar-refractivity contribution in [3.05, 3.63) is 30.2 Å². The molecule has 0 N–H and O–H groups in total. The van der Waals surface area contributed by atoms with Crippen molar-refractivity contribution in [3.8, 4) is 17.2 Å². The fourth-order valence-corrected chi connectivity index (χ4v) is 2.99. The fraction of sp³-hybridized carbons (Fsp3) is 0.529. The Balaban J connectivity index is 1.74. The maximum Gasteiger partial charge on any atom is 0.247 e. The molecule has 1 aromatic carbocycles. The third-order valence-electron chi connectivity index (χ3n) is 4.37. The number of nitrogens with zero attached hydrogens (tertiary/aromatic N) is 3. The molecule has 0 radical (unpaired) electrons. The van der Waals surface area contributed by atoms with Gasteiger partial charge in [-0.2, -0.15) is 0 Å². The number of benzene rings is 1. The molecule has 5 nitrogen and oxygen atoms in total. The van der Waals surface area contributed by atoms with Gasteiger partial charge in [0.15, 0.2) is 0 Å². The van der Waals surface area contributed by atoms with Gasteiger partial charge in [-0.25, -0.2) is 0 Å². The minimum Gasteiger partial charge on any atom is -0.497 e. The van der Waals surface area contributed by atoms with Crippen LogP contribution >= 0.6 is 0 Å². The zero-order chi connectivity index (χ0) is 15.5. The zero-order valence-corrected chi connectivity index (χ0v) is 13.5. The van der Waals surface area contributed by atoms with E-state index in [1.807, 2.05) is 24.3 Å². The van der Waals surface area contributed by atoms with Crippen LogP contribution in [0.1, 0.15) is 38.6 Å². The third kappa shape index (κ3) is 3.14. The van der Waals surface area contributed by atoms with E-state index in [1.165, 1.54) is 12.8 Å². The average molecular weight is 301 g/mol. The molecule has 1 aromatic heterocycles. The molecular weight excluding hydrogens is 278 g/mol. The summed E-state index contributed by atoms with van der Waals surface area (Å²) in [6, 6.07) is 7.83. The Bertz CT molecular complexity index is 609. The first-order valence-electron chi connectivity index (χ1n) is 7.89. The van der Waals surface area contributed by atoms with Gasteiger partial charge in [0.2, 0.25) is 11.8 Å². The molecule has 22 heavy (non-hydrogen) atoms. The van der Waals surface area contributed by atoms with Crippen molar-refractivity contribution < 1.29 is 9.15 Å². The predicted octanol–water partition coefficient (Wildman–Crippen LogP) is 3.54. The molecule has 0 spiro atoms. The second-order valence-corrected chi connectivity index (χ2v) is 6.09. The summed E-state index contributed by atoms with van der Waals surface area (Å²) in [5, 5.41) is 8.44. The largest absolute Gasteiger partial charge is 0.497 e. The minimum atomic E-state index is 0.169. The molecule has 0 amide bonds. The molecule has 1 aliphatic heterocycles. The van der Waals surface area contributed by atoms with Crippen LogP contribution in [0.3, 0.4) is 0 Å². The first kappa shape index (κ1) is 15.0. The van der Waals surface area contributed by atoms with Crippen LogP contribution in [0.2, 0.25) is 0 Å². The van der Waals surface area contributed by atoms with Gasteiger partial charge < -0.3 is 9.15 Å². The summed E-state index contributed by atoms with van der Waals surface area (Å²) < 4.78 is 11.1. The summed E-state index contributed by atoms with van der Waals surface area (Å²) in [5.41, 5.74) is 0.916. The second-order valence-electron chi connectivity index (χ2n) is 6.09. The van der Waals surface area contributed by atoms with Crippen LogP contribution in [0.4, 0.5) is 0 Å². The van der Waals surface area contributed by atoms with E-state index in [-0.39, 0.29) is 6.04 Å². The number of hydrogen-bond donors (Lipinski definition) is 0. The Labute approximate surface area is 131 Å². The standard InChI is InChI=1S/C17H23N3O2/c1-12-5-4-10-20(11-12)13(2)16-18-19-17(22-16)14-6-8-15(21-3)9-7-14/h6-9,12-13H,4-5,10-11H2,1-3H3/t12-,13-/m0/s1.